The van der Waals surface area contributed by atoms with Crippen LogP contribution in [0.25, 0.3) is 5.69 Å². The fraction of sp³-hybridized carbons (Fsp3) is 0.278. The molecule has 0 saturated carbocycles. The lowest BCUT2D eigenvalue weighted by molar-refractivity contribution is 0.531. The Labute approximate surface area is 152 Å². The Kier molecular flexibility index (Phi) is 4.81. The molecular weight excluding hydrogens is 354 g/mol. The van der Waals surface area contributed by atoms with Crippen molar-refractivity contribution in [3.63, 3.8) is 0 Å². The van der Waals surface area contributed by atoms with Gasteiger partial charge in [-0.25, -0.2) is 18.2 Å². The molecule has 1 unspecified atom stereocenters. The Hall–Kier alpha value is -1.96. The highest BCUT2D eigenvalue weighted by molar-refractivity contribution is 7.91. The van der Waals surface area contributed by atoms with E-state index in [0.717, 1.165) is 28.3 Å². The molecule has 3 aromatic rings. The van der Waals surface area contributed by atoms with E-state index in [0.29, 0.717) is 0 Å². The average Bonchev–Trinajstić information content (AvgIpc) is 3.17. The van der Waals surface area contributed by atoms with Gasteiger partial charge in [0.2, 0.25) is 10.0 Å². The van der Waals surface area contributed by atoms with Crippen LogP contribution in [-0.2, 0) is 10.0 Å². The molecule has 0 fully saturated rings. The Balaban J connectivity index is 2.15. The minimum atomic E-state index is -3.75. The zero-order chi connectivity index (χ0) is 18.2. The van der Waals surface area contributed by atoms with Crippen LogP contribution >= 0.6 is 11.3 Å². The number of aryl methyl sites for hydroxylation is 1. The first kappa shape index (κ1) is 17.8. The van der Waals surface area contributed by atoms with Crippen molar-refractivity contribution in [3.05, 3.63) is 64.8 Å². The lowest BCUT2D eigenvalue weighted by Gasteiger charge is -2.22. The number of benzene rings is 1. The molecule has 3 rings (SSSR count). The van der Waals surface area contributed by atoms with Crippen molar-refractivity contribution in [2.75, 3.05) is 0 Å². The summed E-state index contributed by atoms with van der Waals surface area (Å²) in [6, 6.07) is 11.9. The lowest BCUT2D eigenvalue weighted by Crippen LogP contribution is -2.18. The summed E-state index contributed by atoms with van der Waals surface area (Å²) in [6.45, 7) is 6.18. The van der Waals surface area contributed by atoms with Crippen molar-refractivity contribution in [2.24, 2.45) is 11.1 Å². The highest BCUT2D eigenvalue weighted by Gasteiger charge is 2.29. The number of rotatable bonds is 5. The van der Waals surface area contributed by atoms with E-state index in [4.69, 9.17) is 5.14 Å². The maximum atomic E-state index is 12.0. The molecular formula is C18H21N3O2S2. The van der Waals surface area contributed by atoms with Crippen molar-refractivity contribution in [1.29, 1.82) is 0 Å². The van der Waals surface area contributed by atoms with E-state index in [2.05, 4.69) is 18.9 Å². The van der Waals surface area contributed by atoms with Gasteiger partial charge in [0.1, 0.15) is 4.21 Å². The summed E-state index contributed by atoms with van der Waals surface area (Å²) >= 11 is 1.16. The summed E-state index contributed by atoms with van der Waals surface area (Å²) in [5.74, 6) is 0.0550. The van der Waals surface area contributed by atoms with Gasteiger partial charge in [-0.3, -0.25) is 0 Å². The predicted molar refractivity (Wildman–Crippen MR) is 101 cm³/mol. The number of nitrogens with zero attached hydrogens (tertiary/aromatic N) is 2. The van der Waals surface area contributed by atoms with Gasteiger partial charge in [0.25, 0.3) is 0 Å². The Morgan fingerprint density at radius 2 is 1.80 bits per heavy atom. The minimum absolute atomic E-state index is 0.122. The maximum absolute atomic E-state index is 12.0. The Morgan fingerprint density at radius 1 is 1.12 bits per heavy atom. The predicted octanol–water partition coefficient (Wildman–Crippen LogP) is 3.68. The van der Waals surface area contributed by atoms with Crippen LogP contribution < -0.4 is 5.14 Å². The number of nitrogens with two attached hydrogens (primary N) is 1. The van der Waals surface area contributed by atoms with Crippen molar-refractivity contribution >= 4 is 21.4 Å². The summed E-state index contributed by atoms with van der Waals surface area (Å²) in [7, 11) is -3.75. The highest BCUT2D eigenvalue weighted by atomic mass is 32.2. The van der Waals surface area contributed by atoms with Gasteiger partial charge in [0, 0.05) is 12.1 Å². The maximum Gasteiger partial charge on any atom is 0.247 e. The summed E-state index contributed by atoms with van der Waals surface area (Å²) in [5.41, 5.74) is 3.80. The zero-order valence-corrected chi connectivity index (χ0v) is 16.0. The van der Waals surface area contributed by atoms with E-state index in [9.17, 15) is 8.42 Å². The van der Waals surface area contributed by atoms with E-state index >= 15 is 0 Å². The van der Waals surface area contributed by atoms with Crippen molar-refractivity contribution in [1.82, 2.24) is 9.78 Å². The topological polar surface area (TPSA) is 78.0 Å². The van der Waals surface area contributed by atoms with Gasteiger partial charge in [-0.1, -0.05) is 31.5 Å². The van der Waals surface area contributed by atoms with E-state index in [-0.39, 0.29) is 16.0 Å². The van der Waals surface area contributed by atoms with Crippen molar-refractivity contribution in [3.8, 4) is 5.69 Å². The van der Waals surface area contributed by atoms with E-state index in [1.165, 1.54) is 5.56 Å². The van der Waals surface area contributed by atoms with E-state index in [1.54, 1.807) is 11.6 Å². The molecule has 2 N–H and O–H groups in total. The molecule has 2 aromatic heterocycles. The Bertz CT molecular complexity index is 970. The molecule has 7 heteroatoms. The second-order valence-electron chi connectivity index (χ2n) is 6.43. The molecule has 0 aliphatic heterocycles. The zero-order valence-electron chi connectivity index (χ0n) is 14.4. The van der Waals surface area contributed by atoms with Gasteiger partial charge in [0.15, 0.2) is 0 Å². The van der Waals surface area contributed by atoms with Gasteiger partial charge in [0.05, 0.1) is 11.4 Å². The molecule has 0 radical (unpaired) electrons. The van der Waals surface area contributed by atoms with Crippen LogP contribution in [0, 0.1) is 12.8 Å². The molecule has 25 heavy (non-hydrogen) atoms. The third-order valence-electron chi connectivity index (χ3n) is 4.19. The SMILES string of the molecule is Cc1ccc(-n2nccc2C(c2ccsc2S(N)(=O)=O)C(C)C)cc1. The molecule has 0 bridgehead atoms. The summed E-state index contributed by atoms with van der Waals surface area (Å²) < 4.78 is 26.0. The van der Waals surface area contributed by atoms with Crippen LogP contribution in [0.4, 0.5) is 0 Å². The van der Waals surface area contributed by atoms with Crippen LogP contribution in [0.5, 0.6) is 0 Å². The molecule has 1 aromatic carbocycles. The second-order valence-corrected chi connectivity index (χ2v) is 9.11. The summed E-state index contributed by atoms with van der Waals surface area (Å²) in [6.07, 6.45) is 1.74. The molecule has 5 nitrogen and oxygen atoms in total. The van der Waals surface area contributed by atoms with Crippen LogP contribution in [-0.4, -0.2) is 18.2 Å². The number of aromatic nitrogens is 2. The first-order valence-corrected chi connectivity index (χ1v) is 10.4. The van der Waals surface area contributed by atoms with Crippen LogP contribution in [0.1, 0.15) is 36.6 Å². The number of primary sulfonamides is 1. The van der Waals surface area contributed by atoms with Crippen molar-refractivity contribution < 1.29 is 8.42 Å². The van der Waals surface area contributed by atoms with Crippen LogP contribution in [0.3, 0.4) is 0 Å². The number of sulfonamides is 1. The number of hydrogen-bond donors (Lipinski definition) is 1. The Morgan fingerprint density at radius 3 is 2.40 bits per heavy atom. The van der Waals surface area contributed by atoms with Crippen molar-refractivity contribution in [2.45, 2.75) is 30.9 Å². The van der Waals surface area contributed by atoms with E-state index in [1.807, 2.05) is 48.0 Å². The fourth-order valence-electron chi connectivity index (χ4n) is 3.08. The monoisotopic (exact) mass is 375 g/mol. The third kappa shape index (κ3) is 3.53. The van der Waals surface area contributed by atoms with E-state index < -0.39 is 10.0 Å². The second kappa shape index (κ2) is 6.74. The summed E-state index contributed by atoms with van der Waals surface area (Å²) in [5, 5.41) is 11.7. The van der Waals surface area contributed by atoms with Gasteiger partial charge in [-0.2, -0.15) is 5.10 Å². The number of thiophene rings is 1. The molecule has 1 atom stereocenters. The largest absolute Gasteiger partial charge is 0.247 e. The van der Waals surface area contributed by atoms with Crippen LogP contribution in [0.2, 0.25) is 0 Å². The highest BCUT2D eigenvalue weighted by Crippen LogP contribution is 2.38. The standard InChI is InChI=1S/C18H21N3O2S2/c1-12(2)17(15-9-11-24-18(15)25(19,22)23)16-8-10-20-21(16)14-6-4-13(3)5-7-14/h4-12,17H,1-3H3,(H2,19,22,23). The molecule has 2 heterocycles. The normalized spacial score (nSPS) is 13.3. The van der Waals surface area contributed by atoms with Gasteiger partial charge < -0.3 is 0 Å². The fourth-order valence-corrected chi connectivity index (χ4v) is 4.97. The molecule has 0 spiro atoms. The molecule has 0 aliphatic carbocycles. The third-order valence-corrected chi connectivity index (χ3v) is 6.65. The van der Waals surface area contributed by atoms with Gasteiger partial charge in [-0.05, 0) is 48.1 Å². The minimum Gasteiger partial charge on any atom is -0.237 e. The first-order chi connectivity index (χ1) is 11.8. The van der Waals surface area contributed by atoms with Gasteiger partial charge >= 0.3 is 0 Å². The molecule has 0 aliphatic rings. The molecule has 0 amide bonds. The molecule has 132 valence electrons. The molecule has 0 saturated heterocycles. The first-order valence-electron chi connectivity index (χ1n) is 8.00. The average molecular weight is 376 g/mol. The van der Waals surface area contributed by atoms with Crippen LogP contribution in [0.15, 0.2) is 52.2 Å². The lowest BCUT2D eigenvalue weighted by atomic mass is 9.87. The summed E-state index contributed by atoms with van der Waals surface area (Å²) in [4.78, 5) is 0. The smallest absolute Gasteiger partial charge is 0.237 e. The quantitative estimate of drug-likeness (QED) is 0.739. The van der Waals surface area contributed by atoms with Gasteiger partial charge in [-0.15, -0.1) is 11.3 Å². The number of hydrogen-bond acceptors (Lipinski definition) is 4.